The molecule has 2 heterocycles. The zero-order chi connectivity index (χ0) is 9.26. The molecule has 1 unspecified atom stereocenters. The third kappa shape index (κ3) is 2.03. The van der Waals surface area contributed by atoms with Gasteiger partial charge in [-0.25, -0.2) is 0 Å². The Morgan fingerprint density at radius 3 is 2.69 bits per heavy atom. The summed E-state index contributed by atoms with van der Waals surface area (Å²) in [5.41, 5.74) is 5.72. The van der Waals surface area contributed by atoms with Crippen LogP contribution in [-0.2, 0) is 0 Å². The first-order valence-electron chi connectivity index (χ1n) is 5.42. The summed E-state index contributed by atoms with van der Waals surface area (Å²) in [5, 5.41) is 0. The summed E-state index contributed by atoms with van der Waals surface area (Å²) >= 11 is 0. The molecule has 0 bridgehead atoms. The summed E-state index contributed by atoms with van der Waals surface area (Å²) in [6, 6.07) is 0.833. The van der Waals surface area contributed by atoms with E-state index in [9.17, 15) is 0 Å². The zero-order valence-corrected chi connectivity index (χ0v) is 8.58. The lowest BCUT2D eigenvalue weighted by atomic mass is 9.95. The van der Waals surface area contributed by atoms with E-state index in [-0.39, 0.29) is 0 Å². The minimum atomic E-state index is 0.764. The normalized spacial score (nSPS) is 33.2. The van der Waals surface area contributed by atoms with Crippen LogP contribution in [0.1, 0.15) is 12.8 Å². The molecule has 1 atom stereocenters. The Hall–Kier alpha value is -0.120. The van der Waals surface area contributed by atoms with Crippen molar-refractivity contribution in [3.8, 4) is 0 Å². The highest BCUT2D eigenvalue weighted by Gasteiger charge is 2.31. The van der Waals surface area contributed by atoms with Crippen molar-refractivity contribution in [2.24, 2.45) is 11.7 Å². The molecule has 0 aromatic heterocycles. The average Bonchev–Trinajstić information content (AvgIpc) is 2.13. The number of likely N-dealkylation sites (N-methyl/N-ethyl adjacent to an activating group) is 1. The SMILES string of the molecule is CN1CC(N2CCCC(CN)C2)C1. The van der Waals surface area contributed by atoms with Gasteiger partial charge in [0.15, 0.2) is 0 Å². The van der Waals surface area contributed by atoms with E-state index in [4.69, 9.17) is 5.73 Å². The van der Waals surface area contributed by atoms with E-state index < -0.39 is 0 Å². The van der Waals surface area contributed by atoms with Gasteiger partial charge in [0.2, 0.25) is 0 Å². The Morgan fingerprint density at radius 1 is 1.31 bits per heavy atom. The lowest BCUT2D eigenvalue weighted by Gasteiger charge is -2.46. The summed E-state index contributed by atoms with van der Waals surface area (Å²) < 4.78 is 0. The Kier molecular flexibility index (Phi) is 2.86. The van der Waals surface area contributed by atoms with Gasteiger partial charge in [-0.05, 0) is 38.9 Å². The lowest BCUT2D eigenvalue weighted by molar-refractivity contribution is 0.0255. The van der Waals surface area contributed by atoms with Crippen molar-refractivity contribution < 1.29 is 0 Å². The Labute approximate surface area is 80.9 Å². The predicted molar refractivity (Wildman–Crippen MR) is 54.6 cm³/mol. The second-order valence-corrected chi connectivity index (χ2v) is 4.61. The molecule has 13 heavy (non-hydrogen) atoms. The summed E-state index contributed by atoms with van der Waals surface area (Å²) in [5.74, 6) is 0.764. The molecule has 2 N–H and O–H groups in total. The van der Waals surface area contributed by atoms with Gasteiger partial charge < -0.3 is 10.6 Å². The lowest BCUT2D eigenvalue weighted by Crippen LogP contribution is -2.60. The first-order chi connectivity index (χ1) is 6.29. The summed E-state index contributed by atoms with van der Waals surface area (Å²) in [4.78, 5) is 5.03. The van der Waals surface area contributed by atoms with Crippen LogP contribution >= 0.6 is 0 Å². The van der Waals surface area contributed by atoms with Crippen LogP contribution in [0.25, 0.3) is 0 Å². The first-order valence-corrected chi connectivity index (χ1v) is 5.42. The van der Waals surface area contributed by atoms with Crippen LogP contribution in [0.3, 0.4) is 0 Å². The minimum absolute atomic E-state index is 0.764. The summed E-state index contributed by atoms with van der Waals surface area (Å²) in [7, 11) is 2.20. The van der Waals surface area contributed by atoms with Crippen LogP contribution in [0.15, 0.2) is 0 Å². The van der Waals surface area contributed by atoms with E-state index in [1.807, 2.05) is 0 Å². The maximum Gasteiger partial charge on any atom is 0.0350 e. The number of piperidine rings is 1. The first kappa shape index (κ1) is 9.44. The molecule has 2 fully saturated rings. The Morgan fingerprint density at radius 2 is 2.08 bits per heavy atom. The number of hydrogen-bond acceptors (Lipinski definition) is 3. The molecule has 0 aliphatic carbocycles. The molecule has 2 saturated heterocycles. The Bertz CT molecular complexity index is 166. The molecular formula is C10H21N3. The standard InChI is InChI=1S/C10H21N3/c1-12-7-10(8-12)13-4-2-3-9(5-11)6-13/h9-10H,2-8,11H2,1H3. The van der Waals surface area contributed by atoms with Crippen molar-refractivity contribution in [2.75, 3.05) is 39.8 Å². The molecule has 2 aliphatic heterocycles. The molecule has 0 spiro atoms. The fraction of sp³-hybridized carbons (Fsp3) is 1.00. The molecule has 0 amide bonds. The molecule has 0 aromatic carbocycles. The molecule has 0 aromatic rings. The van der Waals surface area contributed by atoms with Crippen LogP contribution in [0.2, 0.25) is 0 Å². The van der Waals surface area contributed by atoms with Crippen LogP contribution in [-0.4, -0.2) is 55.6 Å². The summed E-state index contributed by atoms with van der Waals surface area (Å²) in [6.07, 6.45) is 2.69. The number of hydrogen-bond donors (Lipinski definition) is 1. The number of likely N-dealkylation sites (tertiary alicyclic amines) is 2. The molecule has 0 radical (unpaired) electrons. The minimum Gasteiger partial charge on any atom is -0.330 e. The Balaban J connectivity index is 1.79. The van der Waals surface area contributed by atoms with E-state index in [0.717, 1.165) is 18.5 Å². The maximum absolute atomic E-state index is 5.72. The van der Waals surface area contributed by atoms with Gasteiger partial charge in [-0.15, -0.1) is 0 Å². The zero-order valence-electron chi connectivity index (χ0n) is 8.58. The van der Waals surface area contributed by atoms with E-state index in [0.29, 0.717) is 0 Å². The molecule has 0 saturated carbocycles. The highest BCUT2D eigenvalue weighted by atomic mass is 15.3. The molecule has 3 nitrogen and oxygen atoms in total. The summed E-state index contributed by atoms with van der Waals surface area (Å²) in [6.45, 7) is 5.94. The fourth-order valence-electron chi connectivity index (χ4n) is 2.52. The fourth-order valence-corrected chi connectivity index (χ4v) is 2.52. The third-order valence-corrected chi connectivity index (χ3v) is 3.44. The maximum atomic E-state index is 5.72. The van der Waals surface area contributed by atoms with Crippen LogP contribution < -0.4 is 5.73 Å². The average molecular weight is 183 g/mol. The van der Waals surface area contributed by atoms with Gasteiger partial charge in [0.1, 0.15) is 0 Å². The van der Waals surface area contributed by atoms with Crippen molar-refractivity contribution >= 4 is 0 Å². The van der Waals surface area contributed by atoms with Crippen molar-refractivity contribution in [1.82, 2.24) is 9.80 Å². The molecule has 2 aliphatic rings. The van der Waals surface area contributed by atoms with Crippen LogP contribution in [0.4, 0.5) is 0 Å². The second kappa shape index (κ2) is 3.95. The van der Waals surface area contributed by atoms with E-state index >= 15 is 0 Å². The van der Waals surface area contributed by atoms with Crippen molar-refractivity contribution in [3.05, 3.63) is 0 Å². The smallest absolute Gasteiger partial charge is 0.0350 e. The van der Waals surface area contributed by atoms with Crippen LogP contribution in [0.5, 0.6) is 0 Å². The highest BCUT2D eigenvalue weighted by molar-refractivity contribution is 4.88. The van der Waals surface area contributed by atoms with Gasteiger partial charge in [-0.1, -0.05) is 0 Å². The van der Waals surface area contributed by atoms with Gasteiger partial charge in [-0.2, -0.15) is 0 Å². The molecule has 76 valence electrons. The largest absolute Gasteiger partial charge is 0.330 e. The quantitative estimate of drug-likeness (QED) is 0.652. The second-order valence-electron chi connectivity index (χ2n) is 4.61. The van der Waals surface area contributed by atoms with Gasteiger partial charge in [0.05, 0.1) is 0 Å². The van der Waals surface area contributed by atoms with Gasteiger partial charge >= 0.3 is 0 Å². The van der Waals surface area contributed by atoms with Gasteiger partial charge in [0.25, 0.3) is 0 Å². The molecular weight excluding hydrogens is 162 g/mol. The third-order valence-electron chi connectivity index (χ3n) is 3.44. The molecule has 2 rings (SSSR count). The van der Waals surface area contributed by atoms with Gasteiger partial charge in [-0.3, -0.25) is 4.90 Å². The van der Waals surface area contributed by atoms with E-state index in [1.54, 1.807) is 0 Å². The van der Waals surface area contributed by atoms with Gasteiger partial charge in [0, 0.05) is 25.7 Å². The van der Waals surface area contributed by atoms with Crippen molar-refractivity contribution in [2.45, 2.75) is 18.9 Å². The van der Waals surface area contributed by atoms with Crippen molar-refractivity contribution in [3.63, 3.8) is 0 Å². The highest BCUT2D eigenvalue weighted by Crippen LogP contribution is 2.21. The monoisotopic (exact) mass is 183 g/mol. The topological polar surface area (TPSA) is 32.5 Å². The number of nitrogens with zero attached hydrogens (tertiary/aromatic N) is 2. The van der Waals surface area contributed by atoms with Crippen molar-refractivity contribution in [1.29, 1.82) is 0 Å². The molecule has 3 heteroatoms. The van der Waals surface area contributed by atoms with E-state index in [1.165, 1.54) is 39.0 Å². The number of nitrogens with two attached hydrogens (primary N) is 1. The van der Waals surface area contributed by atoms with E-state index in [2.05, 4.69) is 16.8 Å². The number of rotatable bonds is 2. The predicted octanol–water partition coefficient (Wildman–Crippen LogP) is -0.0289. The van der Waals surface area contributed by atoms with Crippen LogP contribution in [0, 0.1) is 5.92 Å².